The third-order valence-corrected chi connectivity index (χ3v) is 6.81. The van der Waals surface area contributed by atoms with Crippen molar-refractivity contribution in [3.05, 3.63) is 11.7 Å². The van der Waals surface area contributed by atoms with E-state index >= 15 is 0 Å². The minimum atomic E-state index is -0.355. The summed E-state index contributed by atoms with van der Waals surface area (Å²) in [6.07, 6.45) is 8.13. The fraction of sp³-hybridized carbons (Fsp3) is 0.789. The van der Waals surface area contributed by atoms with Crippen molar-refractivity contribution in [2.75, 3.05) is 0 Å². The lowest BCUT2D eigenvalue weighted by Crippen LogP contribution is -2.65. The predicted octanol–water partition coefficient (Wildman–Crippen LogP) is 2.04. The maximum absolute atomic E-state index is 13.1. The quantitative estimate of drug-likeness (QED) is 0.839. The average Bonchev–Trinajstić information content (AvgIpc) is 3.29. The first-order chi connectivity index (χ1) is 12.5. The standard InChI is InChI=1S/C19H26N4O3/c1-11(24)22-19-7-12-4-13(8-19)6-18(5-12,10-19)17(25)20-9-15-21-16(23-26-15)14-2-3-14/h12-14H,2-10H2,1H3,(H,20,25)(H,22,24)/t12-,13+,18?,19?. The lowest BCUT2D eigenvalue weighted by Gasteiger charge is -2.61. The molecule has 2 unspecified atom stereocenters. The number of hydrogen-bond acceptors (Lipinski definition) is 5. The van der Waals surface area contributed by atoms with Crippen LogP contribution in [0.15, 0.2) is 4.52 Å². The molecule has 6 rings (SSSR count). The van der Waals surface area contributed by atoms with Gasteiger partial charge in [0.1, 0.15) is 0 Å². The topological polar surface area (TPSA) is 97.1 Å². The van der Waals surface area contributed by atoms with E-state index < -0.39 is 0 Å². The summed E-state index contributed by atoms with van der Waals surface area (Å²) in [5.41, 5.74) is -0.539. The van der Waals surface area contributed by atoms with Gasteiger partial charge >= 0.3 is 0 Å². The summed E-state index contributed by atoms with van der Waals surface area (Å²) < 4.78 is 5.27. The second kappa shape index (κ2) is 5.54. The van der Waals surface area contributed by atoms with E-state index in [2.05, 4.69) is 20.8 Å². The zero-order valence-electron chi connectivity index (χ0n) is 15.2. The van der Waals surface area contributed by atoms with Crippen LogP contribution in [0.4, 0.5) is 0 Å². The molecule has 0 saturated heterocycles. The Morgan fingerprint density at radius 3 is 2.58 bits per heavy atom. The van der Waals surface area contributed by atoms with Crippen LogP contribution in [-0.4, -0.2) is 27.5 Å². The number of amides is 2. The Kier molecular flexibility index (Phi) is 3.46. The highest BCUT2D eigenvalue weighted by atomic mass is 16.5. The molecule has 7 heteroatoms. The molecule has 0 radical (unpaired) electrons. The summed E-state index contributed by atoms with van der Waals surface area (Å²) in [7, 11) is 0. The molecule has 0 aromatic carbocycles. The second-order valence-corrected chi connectivity index (χ2v) is 9.21. The van der Waals surface area contributed by atoms with Crippen molar-refractivity contribution < 1.29 is 14.1 Å². The highest BCUT2D eigenvalue weighted by Gasteiger charge is 2.60. The molecule has 5 aliphatic rings. The molecule has 1 heterocycles. The Morgan fingerprint density at radius 2 is 1.92 bits per heavy atom. The minimum Gasteiger partial charge on any atom is -0.351 e. The molecule has 5 aliphatic carbocycles. The van der Waals surface area contributed by atoms with Gasteiger partial charge in [0.15, 0.2) is 5.82 Å². The van der Waals surface area contributed by atoms with E-state index in [4.69, 9.17) is 4.52 Å². The van der Waals surface area contributed by atoms with Gasteiger partial charge in [0.25, 0.3) is 0 Å². The minimum absolute atomic E-state index is 0.0148. The van der Waals surface area contributed by atoms with Gasteiger partial charge in [-0.1, -0.05) is 5.16 Å². The van der Waals surface area contributed by atoms with Crippen molar-refractivity contribution in [2.24, 2.45) is 17.3 Å². The van der Waals surface area contributed by atoms with Crippen LogP contribution in [0.2, 0.25) is 0 Å². The maximum Gasteiger partial charge on any atom is 0.246 e. The van der Waals surface area contributed by atoms with Crippen molar-refractivity contribution in [3.8, 4) is 0 Å². The number of nitrogens with one attached hydrogen (secondary N) is 2. The number of rotatable bonds is 5. The van der Waals surface area contributed by atoms with Crippen LogP contribution >= 0.6 is 0 Å². The van der Waals surface area contributed by atoms with Gasteiger partial charge < -0.3 is 15.2 Å². The van der Waals surface area contributed by atoms with Gasteiger partial charge in [0, 0.05) is 18.4 Å². The molecule has 2 N–H and O–H groups in total. The molecule has 1 aromatic rings. The fourth-order valence-corrected chi connectivity index (χ4v) is 6.24. The van der Waals surface area contributed by atoms with Crippen LogP contribution < -0.4 is 10.6 Å². The van der Waals surface area contributed by atoms with Crippen LogP contribution in [0, 0.1) is 17.3 Å². The largest absolute Gasteiger partial charge is 0.351 e. The summed E-state index contributed by atoms with van der Waals surface area (Å²) in [6, 6.07) is 0. The van der Waals surface area contributed by atoms with Crippen molar-refractivity contribution in [2.45, 2.75) is 76.3 Å². The van der Waals surface area contributed by atoms with E-state index in [0.29, 0.717) is 30.2 Å². The van der Waals surface area contributed by atoms with Crippen LogP contribution in [0.25, 0.3) is 0 Å². The Morgan fingerprint density at radius 1 is 1.19 bits per heavy atom. The van der Waals surface area contributed by atoms with Gasteiger partial charge in [-0.2, -0.15) is 4.98 Å². The van der Waals surface area contributed by atoms with Gasteiger partial charge in [-0.05, 0) is 63.2 Å². The molecule has 7 nitrogen and oxygen atoms in total. The van der Waals surface area contributed by atoms with Crippen molar-refractivity contribution in [3.63, 3.8) is 0 Å². The molecule has 0 aliphatic heterocycles. The molecule has 4 bridgehead atoms. The zero-order chi connectivity index (χ0) is 17.9. The van der Waals surface area contributed by atoms with E-state index in [-0.39, 0.29) is 22.8 Å². The van der Waals surface area contributed by atoms with E-state index in [9.17, 15) is 9.59 Å². The maximum atomic E-state index is 13.1. The first kappa shape index (κ1) is 16.3. The molecular weight excluding hydrogens is 332 g/mol. The number of carbonyl (C=O) groups excluding carboxylic acids is 2. The third-order valence-electron chi connectivity index (χ3n) is 6.81. The SMILES string of the molecule is CC(=O)NC12C[C@H]3C[C@@H](C1)CC(C(=O)NCc1nc(C4CC4)no1)(C3)C2. The summed E-state index contributed by atoms with van der Waals surface area (Å²) in [6.45, 7) is 1.88. The molecule has 5 fully saturated rings. The van der Waals surface area contributed by atoms with Gasteiger partial charge in [0.05, 0.1) is 12.0 Å². The van der Waals surface area contributed by atoms with Crippen LogP contribution in [0.5, 0.6) is 0 Å². The average molecular weight is 358 g/mol. The van der Waals surface area contributed by atoms with Crippen LogP contribution in [0.1, 0.15) is 75.9 Å². The van der Waals surface area contributed by atoms with Gasteiger partial charge in [-0.15, -0.1) is 0 Å². The van der Waals surface area contributed by atoms with Gasteiger partial charge in [0.2, 0.25) is 17.7 Å². The number of nitrogens with zero attached hydrogens (tertiary/aromatic N) is 2. The highest BCUT2D eigenvalue weighted by Crippen LogP contribution is 2.61. The lowest BCUT2D eigenvalue weighted by atomic mass is 9.46. The van der Waals surface area contributed by atoms with E-state index in [1.807, 2.05) is 0 Å². The van der Waals surface area contributed by atoms with Crippen molar-refractivity contribution in [1.29, 1.82) is 0 Å². The number of carbonyl (C=O) groups is 2. The lowest BCUT2D eigenvalue weighted by molar-refractivity contribution is -0.153. The smallest absolute Gasteiger partial charge is 0.246 e. The molecule has 26 heavy (non-hydrogen) atoms. The van der Waals surface area contributed by atoms with E-state index in [1.54, 1.807) is 6.92 Å². The van der Waals surface area contributed by atoms with Gasteiger partial charge in [-0.25, -0.2) is 0 Å². The molecule has 140 valence electrons. The second-order valence-electron chi connectivity index (χ2n) is 9.21. The zero-order valence-corrected chi connectivity index (χ0v) is 15.2. The van der Waals surface area contributed by atoms with Crippen molar-refractivity contribution >= 4 is 11.8 Å². The fourth-order valence-electron chi connectivity index (χ4n) is 6.24. The Balaban J connectivity index is 1.30. The van der Waals surface area contributed by atoms with Gasteiger partial charge in [-0.3, -0.25) is 9.59 Å². The third kappa shape index (κ3) is 2.72. The summed E-state index contributed by atoms with van der Waals surface area (Å²) in [4.78, 5) is 29.3. The Bertz CT molecular complexity index is 740. The Labute approximate surface area is 152 Å². The Hall–Kier alpha value is -1.92. The summed E-state index contributed by atoms with van der Waals surface area (Å²) >= 11 is 0. The first-order valence-electron chi connectivity index (χ1n) is 9.85. The summed E-state index contributed by atoms with van der Waals surface area (Å²) in [5, 5.41) is 10.3. The number of aromatic nitrogens is 2. The first-order valence-corrected chi connectivity index (χ1v) is 9.85. The van der Waals surface area contributed by atoms with Crippen LogP contribution in [-0.2, 0) is 16.1 Å². The number of hydrogen-bond donors (Lipinski definition) is 2. The molecule has 5 saturated carbocycles. The van der Waals surface area contributed by atoms with Crippen LogP contribution in [0.3, 0.4) is 0 Å². The molecule has 4 atom stereocenters. The normalized spacial score (nSPS) is 37.6. The monoisotopic (exact) mass is 358 g/mol. The van der Waals surface area contributed by atoms with E-state index in [0.717, 1.165) is 50.8 Å². The molecule has 1 aromatic heterocycles. The predicted molar refractivity (Wildman–Crippen MR) is 91.8 cm³/mol. The molecule has 2 amide bonds. The molecular formula is C19H26N4O3. The van der Waals surface area contributed by atoms with E-state index in [1.165, 1.54) is 6.42 Å². The molecule has 0 spiro atoms. The highest BCUT2D eigenvalue weighted by molar-refractivity contribution is 5.83. The summed E-state index contributed by atoms with van der Waals surface area (Å²) in [5.74, 6) is 2.89. The van der Waals surface area contributed by atoms with Crippen molar-refractivity contribution in [1.82, 2.24) is 20.8 Å².